The Balaban J connectivity index is 1.41. The lowest BCUT2D eigenvalue weighted by molar-refractivity contribution is -0.131. The van der Waals surface area contributed by atoms with Crippen molar-refractivity contribution >= 4 is 35.3 Å². The average Bonchev–Trinajstić information content (AvgIpc) is 3.39. The largest absolute Gasteiger partial charge is 0.497 e. The fourth-order valence-electron chi connectivity index (χ4n) is 3.82. The van der Waals surface area contributed by atoms with Crippen LogP contribution in [0.2, 0.25) is 0 Å². The minimum Gasteiger partial charge on any atom is -0.497 e. The van der Waals surface area contributed by atoms with Crippen LogP contribution in [0, 0.1) is 0 Å². The number of nitrogens with zero attached hydrogens (tertiary/aromatic N) is 4. The third-order valence-corrected chi connectivity index (χ3v) is 6.24. The highest BCUT2D eigenvalue weighted by Crippen LogP contribution is 2.20. The summed E-state index contributed by atoms with van der Waals surface area (Å²) in [6, 6.07) is 10.9. The molecule has 2 atom stereocenters. The second-order valence-electron chi connectivity index (χ2n) is 7.87. The van der Waals surface area contributed by atoms with Crippen molar-refractivity contribution in [3.05, 3.63) is 60.0 Å². The topological polar surface area (TPSA) is 118 Å². The van der Waals surface area contributed by atoms with Crippen LogP contribution >= 0.6 is 11.8 Å². The fraction of sp³-hybridized carbons (Fsp3) is 0.348. The Bertz CT molecular complexity index is 1180. The molecule has 10 nitrogen and oxygen atoms in total. The molecule has 1 aromatic carbocycles. The molecule has 1 fully saturated rings. The van der Waals surface area contributed by atoms with Crippen LogP contribution < -0.4 is 15.4 Å². The van der Waals surface area contributed by atoms with Gasteiger partial charge in [-0.15, -0.1) is 10.2 Å². The Morgan fingerprint density at radius 3 is 2.74 bits per heavy atom. The van der Waals surface area contributed by atoms with Gasteiger partial charge < -0.3 is 15.4 Å². The summed E-state index contributed by atoms with van der Waals surface area (Å²) in [7, 11) is 1.57. The molecule has 2 aromatic heterocycles. The van der Waals surface area contributed by atoms with E-state index in [9.17, 15) is 14.4 Å². The summed E-state index contributed by atoms with van der Waals surface area (Å²) in [4.78, 5) is 39.3. The number of benzene rings is 1. The number of thioether (sulfide) groups is 1. The van der Waals surface area contributed by atoms with Crippen molar-refractivity contribution in [2.45, 2.75) is 31.5 Å². The molecule has 3 heterocycles. The highest BCUT2D eigenvalue weighted by Gasteiger charge is 2.39. The summed E-state index contributed by atoms with van der Waals surface area (Å²) in [5.41, 5.74) is 1.47. The molecule has 2 unspecified atom stereocenters. The van der Waals surface area contributed by atoms with Gasteiger partial charge >= 0.3 is 6.03 Å². The molecule has 0 spiro atoms. The molecule has 1 saturated heterocycles. The Labute approximate surface area is 201 Å². The van der Waals surface area contributed by atoms with Gasteiger partial charge in [-0.2, -0.15) is 11.8 Å². The van der Waals surface area contributed by atoms with E-state index in [0.29, 0.717) is 23.6 Å². The predicted octanol–water partition coefficient (Wildman–Crippen LogP) is 2.16. The zero-order valence-electron chi connectivity index (χ0n) is 18.9. The summed E-state index contributed by atoms with van der Waals surface area (Å²) in [5, 5.41) is 14.0. The van der Waals surface area contributed by atoms with E-state index in [2.05, 4.69) is 20.8 Å². The van der Waals surface area contributed by atoms with Gasteiger partial charge in [0.05, 0.1) is 26.1 Å². The van der Waals surface area contributed by atoms with Crippen LogP contribution in [0.1, 0.15) is 30.3 Å². The Morgan fingerprint density at radius 1 is 1.21 bits per heavy atom. The molecule has 0 radical (unpaired) electrons. The number of pyridine rings is 1. The van der Waals surface area contributed by atoms with E-state index in [1.807, 2.05) is 35.1 Å². The number of rotatable bonds is 10. The number of nitrogens with one attached hydrogen (secondary N) is 2. The first-order valence-electron chi connectivity index (χ1n) is 10.8. The summed E-state index contributed by atoms with van der Waals surface area (Å²) in [6.07, 6.45) is 4.33. The van der Waals surface area contributed by atoms with E-state index in [1.165, 1.54) is 0 Å². The maximum absolute atomic E-state index is 12.9. The lowest BCUT2D eigenvalue weighted by atomic mass is 10.1. The standard InChI is InChI=1S/C23H26N6O4S/c1-33-16-8-6-15(7-9-16)14-29-22(31)18(25-23(29)32)13-20(30)24-17(10-12-34-2)21-27-26-19-5-3-4-11-28(19)21/h3-9,11,17-18H,10,12-14H2,1-2H3,(H,24,30)(H,25,32). The van der Waals surface area contributed by atoms with E-state index in [4.69, 9.17) is 4.74 Å². The quantitative estimate of drug-likeness (QED) is 0.425. The van der Waals surface area contributed by atoms with Crippen molar-refractivity contribution in [1.82, 2.24) is 30.1 Å². The smallest absolute Gasteiger partial charge is 0.325 e. The highest BCUT2D eigenvalue weighted by molar-refractivity contribution is 7.98. The van der Waals surface area contributed by atoms with E-state index in [0.717, 1.165) is 16.2 Å². The van der Waals surface area contributed by atoms with Crippen molar-refractivity contribution < 1.29 is 19.1 Å². The van der Waals surface area contributed by atoms with Gasteiger partial charge in [-0.25, -0.2) is 4.79 Å². The van der Waals surface area contributed by atoms with E-state index < -0.39 is 18.0 Å². The summed E-state index contributed by atoms with van der Waals surface area (Å²) < 4.78 is 6.97. The van der Waals surface area contributed by atoms with Crippen molar-refractivity contribution in [3.63, 3.8) is 0 Å². The lowest BCUT2D eigenvalue weighted by Crippen LogP contribution is -2.38. The zero-order valence-corrected chi connectivity index (χ0v) is 19.7. The van der Waals surface area contributed by atoms with E-state index in [-0.39, 0.29) is 24.9 Å². The van der Waals surface area contributed by atoms with Crippen molar-refractivity contribution in [2.75, 3.05) is 19.1 Å². The summed E-state index contributed by atoms with van der Waals surface area (Å²) in [6.45, 7) is 0.120. The molecule has 0 aliphatic carbocycles. The SMILES string of the molecule is COc1ccc(CN2C(=O)NC(CC(=O)NC(CCSC)c3nnc4ccccn34)C2=O)cc1. The molecule has 34 heavy (non-hydrogen) atoms. The summed E-state index contributed by atoms with van der Waals surface area (Å²) in [5.74, 6) is 1.35. The number of amides is 4. The van der Waals surface area contributed by atoms with Gasteiger partial charge in [-0.05, 0) is 48.3 Å². The third-order valence-electron chi connectivity index (χ3n) is 5.59. The zero-order chi connectivity index (χ0) is 24.1. The monoisotopic (exact) mass is 482 g/mol. The number of urea groups is 1. The molecule has 11 heteroatoms. The Kier molecular flexibility index (Phi) is 7.31. The number of ether oxygens (including phenoxy) is 1. The van der Waals surface area contributed by atoms with E-state index >= 15 is 0 Å². The van der Waals surface area contributed by atoms with Crippen LogP contribution in [0.15, 0.2) is 48.7 Å². The molecule has 1 aliphatic rings. The molecule has 2 N–H and O–H groups in total. The van der Waals surface area contributed by atoms with Crippen LogP contribution in [-0.4, -0.2) is 62.5 Å². The molecule has 178 valence electrons. The third kappa shape index (κ3) is 5.14. The van der Waals surface area contributed by atoms with E-state index in [1.54, 1.807) is 43.1 Å². The van der Waals surface area contributed by atoms with Gasteiger partial charge in [-0.3, -0.25) is 18.9 Å². The van der Waals surface area contributed by atoms with Crippen molar-refractivity contribution in [3.8, 4) is 5.75 Å². The highest BCUT2D eigenvalue weighted by atomic mass is 32.2. The van der Waals surface area contributed by atoms with Gasteiger partial charge in [-0.1, -0.05) is 18.2 Å². The predicted molar refractivity (Wildman–Crippen MR) is 127 cm³/mol. The first kappa shape index (κ1) is 23.6. The molecule has 0 bridgehead atoms. The number of imide groups is 1. The van der Waals surface area contributed by atoms with Crippen LogP contribution in [0.25, 0.3) is 5.65 Å². The van der Waals surface area contributed by atoms with Crippen LogP contribution in [0.5, 0.6) is 5.75 Å². The number of hydrogen-bond donors (Lipinski definition) is 2. The van der Waals surface area contributed by atoms with Crippen molar-refractivity contribution in [2.24, 2.45) is 0 Å². The fourth-order valence-corrected chi connectivity index (χ4v) is 4.29. The first-order valence-corrected chi connectivity index (χ1v) is 12.2. The molecule has 3 aromatic rings. The molecule has 1 aliphatic heterocycles. The maximum atomic E-state index is 12.9. The molecule has 4 amide bonds. The molecule has 4 rings (SSSR count). The summed E-state index contributed by atoms with van der Waals surface area (Å²) >= 11 is 1.66. The number of fused-ring (bicyclic) bond motifs is 1. The van der Waals surface area contributed by atoms with Gasteiger partial charge in [0.15, 0.2) is 11.5 Å². The molecule has 0 saturated carbocycles. The number of aromatic nitrogens is 3. The minimum absolute atomic E-state index is 0.120. The Morgan fingerprint density at radius 2 is 2.00 bits per heavy atom. The number of methoxy groups -OCH3 is 1. The lowest BCUT2D eigenvalue weighted by Gasteiger charge is -2.18. The molecular weight excluding hydrogens is 456 g/mol. The molecular formula is C23H26N6O4S. The van der Waals surface area contributed by atoms with Gasteiger partial charge in [0.1, 0.15) is 11.8 Å². The van der Waals surface area contributed by atoms with Crippen LogP contribution in [0.3, 0.4) is 0 Å². The number of hydrogen-bond acceptors (Lipinski definition) is 7. The van der Waals surface area contributed by atoms with Crippen LogP contribution in [-0.2, 0) is 16.1 Å². The first-order chi connectivity index (χ1) is 16.5. The van der Waals surface area contributed by atoms with Crippen molar-refractivity contribution in [1.29, 1.82) is 0 Å². The Hall–Kier alpha value is -3.60. The second-order valence-corrected chi connectivity index (χ2v) is 8.85. The van der Waals surface area contributed by atoms with Crippen LogP contribution in [0.4, 0.5) is 4.79 Å². The normalized spacial score (nSPS) is 16.5. The van der Waals surface area contributed by atoms with Gasteiger partial charge in [0.2, 0.25) is 5.91 Å². The maximum Gasteiger partial charge on any atom is 0.325 e. The second kappa shape index (κ2) is 10.6. The average molecular weight is 483 g/mol. The van der Waals surface area contributed by atoms with Gasteiger partial charge in [0.25, 0.3) is 5.91 Å². The van der Waals surface area contributed by atoms with Gasteiger partial charge in [0, 0.05) is 6.20 Å². The number of carbonyl (C=O) groups is 3. The minimum atomic E-state index is -0.915. The number of carbonyl (C=O) groups excluding carboxylic acids is 3.